The van der Waals surface area contributed by atoms with E-state index in [0.717, 1.165) is 22.4 Å². The lowest BCUT2D eigenvalue weighted by Gasteiger charge is -2.41. The molecule has 34 heavy (non-hydrogen) atoms. The van der Waals surface area contributed by atoms with Gasteiger partial charge in [-0.3, -0.25) is 0 Å². The van der Waals surface area contributed by atoms with Gasteiger partial charge in [-0.1, -0.05) is 28.9 Å². The van der Waals surface area contributed by atoms with E-state index < -0.39 is 53.8 Å². The standard InChI is InChI=1S/C22H21ClF3N3O4S/c23-13-3-1-11(2-4-13)5-6-34-22-21(32)19(20(31)17(10-30)33-22)29-9-16(27-28-29)12-7-14(24)18(26)15(25)8-12/h1-4,7-9,17,19-22,30-32H,5-6,10H2. The fraction of sp³-hybridized carbons (Fsp3) is 0.364. The fourth-order valence-corrected chi connectivity index (χ4v) is 5.01. The first kappa shape index (κ1) is 25.0. The highest BCUT2D eigenvalue weighted by molar-refractivity contribution is 7.99. The molecule has 3 aromatic rings. The number of rotatable bonds is 7. The van der Waals surface area contributed by atoms with Crippen molar-refractivity contribution in [2.45, 2.75) is 36.2 Å². The van der Waals surface area contributed by atoms with Crippen LogP contribution in [0.4, 0.5) is 13.2 Å². The molecule has 182 valence electrons. The van der Waals surface area contributed by atoms with Gasteiger partial charge in [0, 0.05) is 10.6 Å². The first-order valence-electron chi connectivity index (χ1n) is 10.3. The third-order valence-electron chi connectivity index (χ3n) is 5.53. The van der Waals surface area contributed by atoms with Gasteiger partial charge in [-0.05, 0) is 42.0 Å². The van der Waals surface area contributed by atoms with Gasteiger partial charge in [0.15, 0.2) is 17.5 Å². The van der Waals surface area contributed by atoms with E-state index in [1.165, 1.54) is 18.0 Å². The highest BCUT2D eigenvalue weighted by Crippen LogP contribution is 2.35. The van der Waals surface area contributed by atoms with Crippen LogP contribution in [0.3, 0.4) is 0 Å². The van der Waals surface area contributed by atoms with Gasteiger partial charge in [0.05, 0.1) is 12.8 Å². The zero-order valence-corrected chi connectivity index (χ0v) is 19.1. The predicted octanol–water partition coefficient (Wildman–Crippen LogP) is 2.97. The SMILES string of the molecule is OCC1OC(SCCc2ccc(Cl)cc2)C(O)C(n2cc(-c3cc(F)c(F)c(F)c3)nn2)C1O. The third kappa shape index (κ3) is 5.24. The van der Waals surface area contributed by atoms with Crippen molar-refractivity contribution < 1.29 is 33.2 Å². The smallest absolute Gasteiger partial charge is 0.194 e. The van der Waals surface area contributed by atoms with E-state index in [0.29, 0.717) is 17.2 Å². The van der Waals surface area contributed by atoms with Crippen molar-refractivity contribution in [1.82, 2.24) is 15.0 Å². The van der Waals surface area contributed by atoms with Gasteiger partial charge < -0.3 is 20.1 Å². The van der Waals surface area contributed by atoms with Gasteiger partial charge in [-0.25, -0.2) is 17.9 Å². The minimum atomic E-state index is -1.60. The van der Waals surface area contributed by atoms with Crippen LogP contribution in [0.5, 0.6) is 0 Å². The number of thioether (sulfide) groups is 1. The van der Waals surface area contributed by atoms with Crippen molar-refractivity contribution in [3.8, 4) is 11.3 Å². The topological polar surface area (TPSA) is 101 Å². The molecular formula is C22H21ClF3N3O4S. The first-order chi connectivity index (χ1) is 16.3. The van der Waals surface area contributed by atoms with Gasteiger partial charge in [-0.15, -0.1) is 16.9 Å². The minimum Gasteiger partial charge on any atom is -0.394 e. The summed E-state index contributed by atoms with van der Waals surface area (Å²) in [4.78, 5) is 0. The molecule has 0 amide bonds. The number of halogens is 4. The third-order valence-corrected chi connectivity index (χ3v) is 6.94. The van der Waals surface area contributed by atoms with Crippen molar-refractivity contribution in [2.75, 3.05) is 12.4 Å². The largest absolute Gasteiger partial charge is 0.394 e. The number of aliphatic hydroxyl groups excluding tert-OH is 3. The molecule has 7 nitrogen and oxygen atoms in total. The summed E-state index contributed by atoms with van der Waals surface area (Å²) in [6.45, 7) is -0.505. The van der Waals surface area contributed by atoms with E-state index >= 15 is 0 Å². The van der Waals surface area contributed by atoms with Crippen LogP contribution in [0, 0.1) is 17.5 Å². The van der Waals surface area contributed by atoms with Crippen molar-refractivity contribution in [3.63, 3.8) is 0 Å². The Balaban J connectivity index is 1.51. The maximum absolute atomic E-state index is 13.6. The second-order valence-corrected chi connectivity index (χ2v) is 9.42. The summed E-state index contributed by atoms with van der Waals surface area (Å²) >= 11 is 7.20. The summed E-state index contributed by atoms with van der Waals surface area (Å²) in [5.74, 6) is -3.79. The van der Waals surface area contributed by atoms with Crippen LogP contribution in [0.15, 0.2) is 42.6 Å². The van der Waals surface area contributed by atoms with Crippen molar-refractivity contribution in [1.29, 1.82) is 0 Å². The van der Waals surface area contributed by atoms with Crippen molar-refractivity contribution in [3.05, 3.63) is 70.6 Å². The summed E-state index contributed by atoms with van der Waals surface area (Å²) in [7, 11) is 0. The Morgan fingerprint density at radius 3 is 2.38 bits per heavy atom. The fourth-order valence-electron chi connectivity index (χ4n) is 3.72. The number of ether oxygens (including phenoxy) is 1. The minimum absolute atomic E-state index is 0.0104. The molecular weight excluding hydrogens is 495 g/mol. The van der Waals surface area contributed by atoms with E-state index in [-0.39, 0.29) is 11.3 Å². The van der Waals surface area contributed by atoms with E-state index in [9.17, 15) is 28.5 Å². The summed E-state index contributed by atoms with van der Waals surface area (Å²) in [6, 6.07) is 7.83. The van der Waals surface area contributed by atoms with Gasteiger partial charge in [0.2, 0.25) is 0 Å². The van der Waals surface area contributed by atoms with Crippen LogP contribution < -0.4 is 0 Å². The number of hydrogen-bond acceptors (Lipinski definition) is 7. The molecule has 3 N–H and O–H groups in total. The molecule has 12 heteroatoms. The normalized spacial score (nSPS) is 25.0. The van der Waals surface area contributed by atoms with Crippen LogP contribution in [0.25, 0.3) is 11.3 Å². The molecule has 2 heterocycles. The van der Waals surface area contributed by atoms with Crippen LogP contribution >= 0.6 is 23.4 Å². The van der Waals surface area contributed by atoms with E-state index in [2.05, 4.69) is 10.3 Å². The van der Waals surface area contributed by atoms with Crippen molar-refractivity contribution in [2.24, 2.45) is 0 Å². The van der Waals surface area contributed by atoms with Gasteiger partial charge in [0.1, 0.15) is 35.5 Å². The summed E-state index contributed by atoms with van der Waals surface area (Å²) < 4.78 is 47.4. The van der Waals surface area contributed by atoms with Crippen molar-refractivity contribution >= 4 is 23.4 Å². The Labute approximate surface area is 202 Å². The molecule has 2 aromatic carbocycles. The molecule has 4 rings (SSSR count). The first-order valence-corrected chi connectivity index (χ1v) is 11.8. The summed E-state index contributed by atoms with van der Waals surface area (Å²) in [5.41, 5.74) is 0.186. The second kappa shape index (κ2) is 10.6. The van der Waals surface area contributed by atoms with Crippen LogP contribution in [-0.4, -0.2) is 66.4 Å². The lowest BCUT2D eigenvalue weighted by Crippen LogP contribution is -2.55. The number of hydrogen-bond donors (Lipinski definition) is 3. The average Bonchev–Trinajstić information content (AvgIpc) is 3.30. The Morgan fingerprint density at radius 1 is 1.06 bits per heavy atom. The number of aromatic nitrogens is 3. The Kier molecular flexibility index (Phi) is 7.80. The predicted molar refractivity (Wildman–Crippen MR) is 120 cm³/mol. The molecule has 0 spiro atoms. The number of benzene rings is 2. The molecule has 1 aliphatic heterocycles. The number of aryl methyl sites for hydroxylation is 1. The van der Waals surface area contributed by atoms with Crippen LogP contribution in [-0.2, 0) is 11.2 Å². The average molecular weight is 516 g/mol. The lowest BCUT2D eigenvalue weighted by atomic mass is 9.97. The molecule has 0 radical (unpaired) electrons. The van der Waals surface area contributed by atoms with Gasteiger partial charge in [0.25, 0.3) is 0 Å². The van der Waals surface area contributed by atoms with Crippen LogP contribution in [0.2, 0.25) is 5.02 Å². The molecule has 0 bridgehead atoms. The summed E-state index contributed by atoms with van der Waals surface area (Å²) in [6.07, 6.45) is -1.65. The molecule has 1 fully saturated rings. The number of nitrogens with zero attached hydrogens (tertiary/aromatic N) is 3. The van der Waals surface area contributed by atoms with Gasteiger partial charge in [-0.2, -0.15) is 0 Å². The highest BCUT2D eigenvalue weighted by Gasteiger charge is 2.46. The van der Waals surface area contributed by atoms with Gasteiger partial charge >= 0.3 is 0 Å². The molecule has 1 aliphatic rings. The molecule has 0 saturated carbocycles. The zero-order valence-electron chi connectivity index (χ0n) is 17.6. The Morgan fingerprint density at radius 2 is 1.74 bits per heavy atom. The van der Waals surface area contributed by atoms with E-state index in [4.69, 9.17) is 16.3 Å². The maximum Gasteiger partial charge on any atom is 0.194 e. The molecule has 0 aliphatic carbocycles. The second-order valence-electron chi connectivity index (χ2n) is 7.78. The lowest BCUT2D eigenvalue weighted by molar-refractivity contribution is -0.178. The number of aliphatic hydroxyl groups is 3. The zero-order chi connectivity index (χ0) is 24.4. The molecule has 1 aromatic heterocycles. The molecule has 1 saturated heterocycles. The highest BCUT2D eigenvalue weighted by atomic mass is 35.5. The Hall–Kier alpha value is -2.15. The molecule has 5 unspecified atom stereocenters. The van der Waals surface area contributed by atoms with E-state index in [1.807, 2.05) is 12.1 Å². The van der Waals surface area contributed by atoms with Crippen LogP contribution in [0.1, 0.15) is 11.6 Å². The van der Waals surface area contributed by atoms with E-state index in [1.54, 1.807) is 12.1 Å². The Bertz CT molecular complexity index is 1110. The molecule has 5 atom stereocenters. The summed E-state index contributed by atoms with van der Waals surface area (Å²) in [5, 5.41) is 39.7. The monoisotopic (exact) mass is 515 g/mol. The quantitative estimate of drug-likeness (QED) is 0.416. The maximum atomic E-state index is 13.6.